The minimum atomic E-state index is -0.660. The topological polar surface area (TPSA) is 127 Å². The molecule has 4 heterocycles. The maximum Gasteiger partial charge on any atom is 0.220 e. The van der Waals surface area contributed by atoms with Crippen LogP contribution < -0.4 is 11.5 Å². The maximum absolute atomic E-state index is 14.5. The van der Waals surface area contributed by atoms with E-state index in [0.717, 1.165) is 37.2 Å². The van der Waals surface area contributed by atoms with Crippen LogP contribution in [-0.2, 0) is 0 Å². The summed E-state index contributed by atoms with van der Waals surface area (Å²) in [5, 5.41) is 10.5. The molecule has 0 spiro atoms. The zero-order valence-electron chi connectivity index (χ0n) is 16.9. The van der Waals surface area contributed by atoms with Crippen molar-refractivity contribution in [3.05, 3.63) is 41.5 Å². The molecule has 1 aliphatic rings. The third-order valence-corrected chi connectivity index (χ3v) is 5.60. The number of aromatic hydroxyl groups is 1. The van der Waals surface area contributed by atoms with Gasteiger partial charge in [-0.15, -0.1) is 0 Å². The van der Waals surface area contributed by atoms with Crippen LogP contribution in [0.25, 0.3) is 22.6 Å². The highest BCUT2D eigenvalue weighted by Gasteiger charge is 2.25. The molecule has 8 nitrogen and oxygen atoms in total. The first-order chi connectivity index (χ1) is 14.3. The lowest BCUT2D eigenvalue weighted by molar-refractivity contribution is 0.253. The fourth-order valence-corrected chi connectivity index (χ4v) is 3.90. The zero-order valence-corrected chi connectivity index (χ0v) is 16.9. The van der Waals surface area contributed by atoms with Crippen LogP contribution in [0.2, 0.25) is 0 Å². The van der Waals surface area contributed by atoms with Gasteiger partial charge >= 0.3 is 0 Å². The molecule has 0 amide bonds. The number of likely N-dealkylation sites (tertiary alicyclic amines) is 1. The summed E-state index contributed by atoms with van der Waals surface area (Å²) in [5.74, 6) is -0.566. The summed E-state index contributed by atoms with van der Waals surface area (Å²) in [5.41, 5.74) is 14.5. The molecule has 3 aromatic heterocycles. The van der Waals surface area contributed by atoms with Crippen LogP contribution in [0.3, 0.4) is 0 Å². The van der Waals surface area contributed by atoms with Gasteiger partial charge in [-0.1, -0.05) is 0 Å². The molecule has 4 rings (SSSR count). The van der Waals surface area contributed by atoms with Crippen molar-refractivity contribution in [2.24, 2.45) is 0 Å². The van der Waals surface area contributed by atoms with Gasteiger partial charge in [0.2, 0.25) is 5.95 Å². The second-order valence-electron chi connectivity index (χ2n) is 7.64. The molecule has 0 unspecified atom stereocenters. The molecule has 1 saturated heterocycles. The van der Waals surface area contributed by atoms with Crippen LogP contribution in [-0.4, -0.2) is 50.1 Å². The Morgan fingerprint density at radius 3 is 2.53 bits per heavy atom. The highest BCUT2D eigenvalue weighted by molar-refractivity contribution is 5.72. The first kappa shape index (κ1) is 20.0. The molecule has 1 aliphatic heterocycles. The van der Waals surface area contributed by atoms with E-state index in [2.05, 4.69) is 31.9 Å². The van der Waals surface area contributed by atoms with E-state index in [4.69, 9.17) is 11.5 Å². The van der Waals surface area contributed by atoms with Gasteiger partial charge in [0, 0.05) is 17.7 Å². The van der Waals surface area contributed by atoms with E-state index in [1.54, 1.807) is 0 Å². The van der Waals surface area contributed by atoms with Gasteiger partial charge in [0.1, 0.15) is 17.1 Å². The number of hydrogen-bond acceptors (Lipinski definition) is 8. The average molecular weight is 409 g/mol. The van der Waals surface area contributed by atoms with E-state index in [-0.39, 0.29) is 34.7 Å². The molecule has 0 radical (unpaired) electrons. The standard InChI is InChI=1S/C21H24FN7O/c1-11-17(12-6-9-29(2)10-7-12)27-21(24)28-18(11)19-15(30)4-3-14(26-19)13-5-8-25-20(23)16(13)22/h3-5,8,12,30H,6-7,9-10H2,1-2H3,(H2,23,25)(H2,24,27,28). The van der Waals surface area contributed by atoms with Crippen LogP contribution in [0.1, 0.15) is 30.0 Å². The molecule has 0 aromatic carbocycles. The van der Waals surface area contributed by atoms with Crippen LogP contribution in [0, 0.1) is 12.7 Å². The summed E-state index contributed by atoms with van der Waals surface area (Å²) in [4.78, 5) is 19.4. The van der Waals surface area contributed by atoms with Gasteiger partial charge < -0.3 is 21.5 Å². The number of nitrogens with two attached hydrogens (primary N) is 2. The lowest BCUT2D eigenvalue weighted by atomic mass is 9.90. The van der Waals surface area contributed by atoms with Crippen LogP contribution in [0.15, 0.2) is 24.4 Å². The van der Waals surface area contributed by atoms with Gasteiger partial charge in [0.25, 0.3) is 0 Å². The lowest BCUT2D eigenvalue weighted by Gasteiger charge is -2.29. The molecule has 0 bridgehead atoms. The average Bonchev–Trinajstić information content (AvgIpc) is 2.73. The summed E-state index contributed by atoms with van der Waals surface area (Å²) in [7, 11) is 2.10. The summed E-state index contributed by atoms with van der Waals surface area (Å²) in [6.45, 7) is 3.86. The van der Waals surface area contributed by atoms with Crippen molar-refractivity contribution in [3.63, 3.8) is 0 Å². The number of anilines is 2. The van der Waals surface area contributed by atoms with Gasteiger partial charge in [0.05, 0.1) is 11.4 Å². The predicted octanol–water partition coefficient (Wildman–Crippen LogP) is 2.73. The zero-order chi connectivity index (χ0) is 21.4. The number of nitrogen functional groups attached to an aromatic ring is 2. The van der Waals surface area contributed by atoms with E-state index in [1.165, 1.54) is 24.4 Å². The highest BCUT2D eigenvalue weighted by atomic mass is 19.1. The molecule has 0 atom stereocenters. The molecule has 1 fully saturated rings. The second kappa shape index (κ2) is 7.83. The molecule has 0 aliphatic carbocycles. The fraction of sp³-hybridized carbons (Fsp3) is 0.333. The Hall–Kier alpha value is -3.33. The lowest BCUT2D eigenvalue weighted by Crippen LogP contribution is -2.30. The second-order valence-corrected chi connectivity index (χ2v) is 7.64. The van der Waals surface area contributed by atoms with Gasteiger partial charge in [-0.3, -0.25) is 0 Å². The first-order valence-electron chi connectivity index (χ1n) is 9.78. The Labute approximate surface area is 173 Å². The molecule has 30 heavy (non-hydrogen) atoms. The van der Waals surface area contributed by atoms with E-state index < -0.39 is 5.82 Å². The minimum Gasteiger partial charge on any atom is -0.506 e. The normalized spacial score (nSPS) is 15.4. The Balaban J connectivity index is 1.82. The van der Waals surface area contributed by atoms with Gasteiger partial charge in [-0.2, -0.15) is 0 Å². The van der Waals surface area contributed by atoms with Gasteiger partial charge in [-0.25, -0.2) is 24.3 Å². The smallest absolute Gasteiger partial charge is 0.220 e. The molecule has 9 heteroatoms. The Morgan fingerprint density at radius 2 is 1.80 bits per heavy atom. The largest absolute Gasteiger partial charge is 0.506 e. The molecular formula is C21H24FN7O. The predicted molar refractivity (Wildman–Crippen MR) is 113 cm³/mol. The maximum atomic E-state index is 14.5. The number of piperidine rings is 1. The fourth-order valence-electron chi connectivity index (χ4n) is 3.90. The monoisotopic (exact) mass is 409 g/mol. The number of hydrogen-bond donors (Lipinski definition) is 3. The van der Waals surface area contributed by atoms with Crippen molar-refractivity contribution in [1.29, 1.82) is 0 Å². The van der Waals surface area contributed by atoms with Gasteiger partial charge in [0.15, 0.2) is 11.6 Å². The Bertz CT molecular complexity index is 1100. The van der Waals surface area contributed by atoms with Crippen LogP contribution >= 0.6 is 0 Å². The van der Waals surface area contributed by atoms with Crippen molar-refractivity contribution in [3.8, 4) is 28.4 Å². The van der Waals surface area contributed by atoms with E-state index in [0.29, 0.717) is 11.4 Å². The number of rotatable bonds is 3. The Morgan fingerprint density at radius 1 is 1.07 bits per heavy atom. The third-order valence-electron chi connectivity index (χ3n) is 5.60. The first-order valence-corrected chi connectivity index (χ1v) is 9.78. The van der Waals surface area contributed by atoms with Crippen molar-refractivity contribution in [2.45, 2.75) is 25.7 Å². The molecular weight excluding hydrogens is 385 g/mol. The summed E-state index contributed by atoms with van der Waals surface area (Å²) >= 11 is 0. The molecule has 5 N–H and O–H groups in total. The summed E-state index contributed by atoms with van der Waals surface area (Å²) in [6, 6.07) is 4.47. The number of halogens is 1. The summed E-state index contributed by atoms with van der Waals surface area (Å²) < 4.78 is 14.5. The van der Waals surface area contributed by atoms with Crippen molar-refractivity contribution >= 4 is 11.8 Å². The van der Waals surface area contributed by atoms with Crippen LogP contribution in [0.4, 0.5) is 16.2 Å². The van der Waals surface area contributed by atoms with Crippen molar-refractivity contribution in [2.75, 3.05) is 31.6 Å². The molecule has 3 aromatic rings. The van der Waals surface area contributed by atoms with Crippen LogP contribution in [0.5, 0.6) is 5.75 Å². The minimum absolute atomic E-state index is 0.0725. The van der Waals surface area contributed by atoms with Crippen molar-refractivity contribution < 1.29 is 9.50 Å². The van der Waals surface area contributed by atoms with Gasteiger partial charge in [-0.05, 0) is 63.7 Å². The van der Waals surface area contributed by atoms with E-state index in [9.17, 15) is 9.50 Å². The SMILES string of the molecule is Cc1c(-c2nc(-c3ccnc(N)c3F)ccc2O)nc(N)nc1C1CCN(C)CC1. The highest BCUT2D eigenvalue weighted by Crippen LogP contribution is 2.36. The number of pyridine rings is 2. The number of aromatic nitrogens is 4. The summed E-state index contributed by atoms with van der Waals surface area (Å²) in [6.07, 6.45) is 3.34. The molecule has 156 valence electrons. The molecule has 0 saturated carbocycles. The van der Waals surface area contributed by atoms with E-state index in [1.807, 2.05) is 6.92 Å². The number of nitrogens with zero attached hydrogens (tertiary/aromatic N) is 5. The third kappa shape index (κ3) is 3.63. The Kier molecular flexibility index (Phi) is 5.21. The van der Waals surface area contributed by atoms with Crippen molar-refractivity contribution in [1.82, 2.24) is 24.8 Å². The van der Waals surface area contributed by atoms with E-state index >= 15 is 0 Å². The quantitative estimate of drug-likeness (QED) is 0.603.